The Labute approximate surface area is 112 Å². The van der Waals surface area contributed by atoms with Crippen molar-refractivity contribution in [2.45, 2.75) is 19.8 Å². The summed E-state index contributed by atoms with van der Waals surface area (Å²) in [6.45, 7) is 2.77. The van der Waals surface area contributed by atoms with E-state index >= 15 is 0 Å². The van der Waals surface area contributed by atoms with E-state index in [1.807, 2.05) is 0 Å². The molecule has 0 aliphatic rings. The van der Waals surface area contributed by atoms with Gasteiger partial charge < -0.3 is 21.5 Å². The molecule has 1 rings (SSSR count). The fourth-order valence-electron chi connectivity index (χ4n) is 1.57. The summed E-state index contributed by atoms with van der Waals surface area (Å²) in [6, 6.07) is 4.82. The lowest BCUT2D eigenvalue weighted by molar-refractivity contribution is -0.143. The number of nitrogens with two attached hydrogens (primary N) is 2. The van der Waals surface area contributed by atoms with Crippen molar-refractivity contribution in [3.63, 3.8) is 0 Å². The number of hydrogen-bond acceptors (Lipinski definition) is 5. The fourth-order valence-corrected chi connectivity index (χ4v) is 1.57. The summed E-state index contributed by atoms with van der Waals surface area (Å²) in [4.78, 5) is 22.1. The van der Waals surface area contributed by atoms with E-state index in [0.29, 0.717) is 42.9 Å². The van der Waals surface area contributed by atoms with Crippen LogP contribution in [0.25, 0.3) is 0 Å². The van der Waals surface area contributed by atoms with Crippen molar-refractivity contribution in [3.8, 4) is 0 Å². The summed E-state index contributed by atoms with van der Waals surface area (Å²) in [6.07, 6.45) is 1.01. The van der Waals surface area contributed by atoms with Gasteiger partial charge in [-0.15, -0.1) is 0 Å². The second kappa shape index (κ2) is 7.25. The van der Waals surface area contributed by atoms with Gasteiger partial charge in [0.1, 0.15) is 0 Å². The summed E-state index contributed by atoms with van der Waals surface area (Å²) in [5, 5.41) is 3.09. The van der Waals surface area contributed by atoms with Gasteiger partial charge in [-0.1, -0.05) is 0 Å². The summed E-state index contributed by atoms with van der Waals surface area (Å²) in [7, 11) is 0. The van der Waals surface area contributed by atoms with Crippen LogP contribution in [0, 0.1) is 0 Å². The number of nitrogens with one attached hydrogen (secondary N) is 1. The zero-order chi connectivity index (χ0) is 14.3. The Hall–Kier alpha value is -2.24. The number of esters is 1. The largest absolute Gasteiger partial charge is 0.466 e. The monoisotopic (exact) mass is 265 g/mol. The molecule has 6 nitrogen and oxygen atoms in total. The SMILES string of the molecule is CCOC(=O)CCCNc1ccc(C(N)=O)cc1N. The van der Waals surface area contributed by atoms with Gasteiger partial charge in [0.15, 0.2) is 0 Å². The minimum absolute atomic E-state index is 0.207. The van der Waals surface area contributed by atoms with E-state index in [4.69, 9.17) is 16.2 Å². The molecule has 104 valence electrons. The Morgan fingerprint density at radius 3 is 2.68 bits per heavy atom. The molecule has 0 aromatic heterocycles. The van der Waals surface area contributed by atoms with E-state index in [1.54, 1.807) is 19.1 Å². The molecule has 0 unspecified atom stereocenters. The second-order valence-electron chi connectivity index (χ2n) is 4.00. The zero-order valence-electron chi connectivity index (χ0n) is 10.9. The van der Waals surface area contributed by atoms with E-state index < -0.39 is 5.91 Å². The molecular weight excluding hydrogens is 246 g/mol. The van der Waals surface area contributed by atoms with Gasteiger partial charge in [-0.25, -0.2) is 0 Å². The van der Waals surface area contributed by atoms with E-state index in [9.17, 15) is 9.59 Å². The van der Waals surface area contributed by atoms with Crippen LogP contribution in [0.1, 0.15) is 30.1 Å². The summed E-state index contributed by atoms with van der Waals surface area (Å²) < 4.78 is 4.82. The van der Waals surface area contributed by atoms with Crippen LogP contribution in [0.3, 0.4) is 0 Å². The van der Waals surface area contributed by atoms with Gasteiger partial charge >= 0.3 is 5.97 Å². The minimum atomic E-state index is -0.513. The van der Waals surface area contributed by atoms with Crippen LogP contribution in [0.2, 0.25) is 0 Å². The summed E-state index contributed by atoms with van der Waals surface area (Å²) in [5.74, 6) is -0.720. The van der Waals surface area contributed by atoms with Crippen LogP contribution in [-0.2, 0) is 9.53 Å². The Balaban J connectivity index is 2.41. The topological polar surface area (TPSA) is 107 Å². The molecule has 0 radical (unpaired) electrons. The third-order valence-electron chi connectivity index (χ3n) is 2.51. The molecule has 1 amide bonds. The van der Waals surface area contributed by atoms with Gasteiger partial charge in [-0.05, 0) is 31.5 Å². The summed E-state index contributed by atoms with van der Waals surface area (Å²) in [5.41, 5.74) is 12.5. The van der Waals surface area contributed by atoms with E-state index in [2.05, 4.69) is 5.32 Å². The van der Waals surface area contributed by atoms with Crippen LogP contribution in [0.4, 0.5) is 11.4 Å². The highest BCUT2D eigenvalue weighted by atomic mass is 16.5. The average Bonchev–Trinajstić information content (AvgIpc) is 2.36. The molecule has 0 saturated heterocycles. The first-order valence-electron chi connectivity index (χ1n) is 6.13. The predicted octanol–water partition coefficient (Wildman–Crippen LogP) is 1.12. The maximum absolute atomic E-state index is 11.1. The quantitative estimate of drug-likeness (QED) is 0.389. The van der Waals surface area contributed by atoms with Gasteiger partial charge in [0.05, 0.1) is 18.0 Å². The molecule has 6 heteroatoms. The fraction of sp³-hybridized carbons (Fsp3) is 0.385. The third kappa shape index (κ3) is 4.87. The van der Waals surface area contributed by atoms with E-state index in [0.717, 1.165) is 0 Å². The lowest BCUT2D eigenvalue weighted by Crippen LogP contribution is -2.12. The first-order valence-corrected chi connectivity index (χ1v) is 6.13. The lowest BCUT2D eigenvalue weighted by Gasteiger charge is -2.09. The molecule has 0 spiro atoms. The molecule has 0 heterocycles. The molecule has 0 aliphatic carbocycles. The van der Waals surface area contributed by atoms with Crippen LogP contribution in [0.15, 0.2) is 18.2 Å². The number of nitrogen functional groups attached to an aromatic ring is 1. The number of carbonyl (C=O) groups excluding carboxylic acids is 2. The van der Waals surface area contributed by atoms with Gasteiger partial charge in [-0.2, -0.15) is 0 Å². The normalized spacial score (nSPS) is 9.95. The summed E-state index contributed by atoms with van der Waals surface area (Å²) >= 11 is 0. The third-order valence-corrected chi connectivity index (χ3v) is 2.51. The van der Waals surface area contributed by atoms with Crippen molar-refractivity contribution in [1.82, 2.24) is 0 Å². The number of amides is 1. The van der Waals surface area contributed by atoms with Gasteiger partial charge in [0.25, 0.3) is 0 Å². The molecule has 1 aromatic rings. The molecule has 0 aliphatic heterocycles. The van der Waals surface area contributed by atoms with E-state index in [1.165, 1.54) is 6.07 Å². The zero-order valence-corrected chi connectivity index (χ0v) is 10.9. The highest BCUT2D eigenvalue weighted by molar-refractivity contribution is 5.94. The van der Waals surface area contributed by atoms with Crippen LogP contribution < -0.4 is 16.8 Å². The van der Waals surface area contributed by atoms with Crippen molar-refractivity contribution in [2.75, 3.05) is 24.2 Å². The molecule has 0 saturated carbocycles. The molecule has 0 bridgehead atoms. The molecule has 0 fully saturated rings. The van der Waals surface area contributed by atoms with Crippen LogP contribution in [0.5, 0.6) is 0 Å². The predicted molar refractivity (Wildman–Crippen MR) is 73.7 cm³/mol. The minimum Gasteiger partial charge on any atom is -0.466 e. The number of ether oxygens (including phenoxy) is 1. The maximum atomic E-state index is 11.1. The highest BCUT2D eigenvalue weighted by Gasteiger charge is 2.05. The molecule has 19 heavy (non-hydrogen) atoms. The van der Waals surface area contributed by atoms with Crippen molar-refractivity contribution in [2.24, 2.45) is 5.73 Å². The van der Waals surface area contributed by atoms with Crippen molar-refractivity contribution in [3.05, 3.63) is 23.8 Å². The number of primary amides is 1. The van der Waals surface area contributed by atoms with Gasteiger partial charge in [0, 0.05) is 18.5 Å². The lowest BCUT2D eigenvalue weighted by atomic mass is 10.1. The standard InChI is InChI=1S/C13H19N3O3/c1-2-19-12(17)4-3-7-16-11-6-5-9(13(15)18)8-10(11)14/h5-6,8,16H,2-4,7,14H2,1H3,(H2,15,18). The Morgan fingerprint density at radius 2 is 2.11 bits per heavy atom. The number of benzene rings is 1. The second-order valence-corrected chi connectivity index (χ2v) is 4.00. The van der Waals surface area contributed by atoms with Crippen molar-refractivity contribution < 1.29 is 14.3 Å². The van der Waals surface area contributed by atoms with Crippen molar-refractivity contribution >= 4 is 23.3 Å². The Kier molecular flexibility index (Phi) is 5.66. The number of carbonyl (C=O) groups is 2. The van der Waals surface area contributed by atoms with Crippen LogP contribution >= 0.6 is 0 Å². The molecule has 1 aromatic carbocycles. The van der Waals surface area contributed by atoms with Crippen molar-refractivity contribution in [1.29, 1.82) is 0 Å². The van der Waals surface area contributed by atoms with Gasteiger partial charge in [0.2, 0.25) is 5.91 Å². The van der Waals surface area contributed by atoms with Gasteiger partial charge in [-0.3, -0.25) is 9.59 Å². The Bertz CT molecular complexity index is 460. The smallest absolute Gasteiger partial charge is 0.305 e. The first kappa shape index (κ1) is 14.8. The molecule has 5 N–H and O–H groups in total. The average molecular weight is 265 g/mol. The van der Waals surface area contributed by atoms with Crippen LogP contribution in [-0.4, -0.2) is 25.0 Å². The molecular formula is C13H19N3O3. The Morgan fingerprint density at radius 1 is 1.37 bits per heavy atom. The number of rotatable bonds is 7. The highest BCUT2D eigenvalue weighted by Crippen LogP contribution is 2.19. The number of anilines is 2. The maximum Gasteiger partial charge on any atom is 0.305 e. The first-order chi connectivity index (χ1) is 9.04. The number of hydrogen-bond donors (Lipinski definition) is 3. The molecule has 0 atom stereocenters. The van der Waals surface area contributed by atoms with E-state index in [-0.39, 0.29) is 5.97 Å².